The Morgan fingerprint density at radius 3 is 2.70 bits per heavy atom. The lowest BCUT2D eigenvalue weighted by molar-refractivity contribution is 0.258. The lowest BCUT2D eigenvalue weighted by atomic mass is 9.80. The molecule has 1 aliphatic carbocycles. The Balaban J connectivity index is 1.86. The molecule has 0 aromatic rings. The van der Waals surface area contributed by atoms with E-state index in [4.69, 9.17) is 5.73 Å². The molecule has 1 unspecified atom stereocenters. The average molecular weight is 139 g/mol. The first-order chi connectivity index (χ1) is 4.86. The second-order valence-electron chi connectivity index (χ2n) is 3.17. The van der Waals surface area contributed by atoms with E-state index in [1.54, 1.807) is 0 Å². The molecule has 1 fully saturated rings. The van der Waals surface area contributed by atoms with E-state index >= 15 is 0 Å². The lowest BCUT2D eigenvalue weighted by Gasteiger charge is -2.30. The van der Waals surface area contributed by atoms with Crippen molar-refractivity contribution >= 4 is 5.96 Å². The fraction of sp³-hybridized carbons (Fsp3) is 0.857. The second kappa shape index (κ2) is 2.15. The molecule has 1 atom stereocenters. The fourth-order valence-electron chi connectivity index (χ4n) is 1.59. The normalized spacial score (nSPS) is 32.8. The Hall–Kier alpha value is -0.730. The van der Waals surface area contributed by atoms with Crippen molar-refractivity contribution in [2.24, 2.45) is 16.6 Å². The molecule has 0 spiro atoms. The quantitative estimate of drug-likeness (QED) is 0.540. The van der Waals surface area contributed by atoms with Crippen molar-refractivity contribution in [1.82, 2.24) is 5.32 Å². The maximum Gasteiger partial charge on any atom is 0.188 e. The summed E-state index contributed by atoms with van der Waals surface area (Å²) in [5.74, 6) is 1.49. The van der Waals surface area contributed by atoms with Crippen molar-refractivity contribution in [2.75, 3.05) is 6.54 Å². The summed E-state index contributed by atoms with van der Waals surface area (Å²) in [6.07, 6.45) is 4.11. The molecule has 0 bridgehead atoms. The van der Waals surface area contributed by atoms with Crippen molar-refractivity contribution in [3.63, 3.8) is 0 Å². The number of rotatable bonds is 1. The van der Waals surface area contributed by atoms with Gasteiger partial charge in [0.15, 0.2) is 5.96 Å². The molecule has 56 valence electrons. The van der Waals surface area contributed by atoms with Crippen LogP contribution in [0.3, 0.4) is 0 Å². The third-order valence-electron chi connectivity index (χ3n) is 2.51. The minimum atomic E-state index is 0.564. The van der Waals surface area contributed by atoms with E-state index in [-0.39, 0.29) is 0 Å². The van der Waals surface area contributed by atoms with E-state index < -0.39 is 0 Å². The SMILES string of the molecule is NC1=NCC(C2CCC2)N1. The summed E-state index contributed by atoms with van der Waals surface area (Å²) in [5.41, 5.74) is 5.48. The molecule has 0 radical (unpaired) electrons. The van der Waals surface area contributed by atoms with Crippen LogP contribution in [0, 0.1) is 5.92 Å². The number of aliphatic imine (C=N–C) groups is 1. The Morgan fingerprint density at radius 2 is 2.30 bits per heavy atom. The summed E-state index contributed by atoms with van der Waals surface area (Å²) >= 11 is 0. The largest absolute Gasteiger partial charge is 0.370 e. The minimum absolute atomic E-state index is 0.564. The third kappa shape index (κ3) is 0.856. The first-order valence-corrected chi connectivity index (χ1v) is 3.93. The Morgan fingerprint density at radius 1 is 1.50 bits per heavy atom. The number of guanidine groups is 1. The van der Waals surface area contributed by atoms with Crippen molar-refractivity contribution < 1.29 is 0 Å². The van der Waals surface area contributed by atoms with Crippen molar-refractivity contribution in [3.8, 4) is 0 Å². The topological polar surface area (TPSA) is 50.4 Å². The minimum Gasteiger partial charge on any atom is -0.370 e. The van der Waals surface area contributed by atoms with Crippen LogP contribution in [0.25, 0.3) is 0 Å². The van der Waals surface area contributed by atoms with E-state index in [9.17, 15) is 0 Å². The van der Waals surface area contributed by atoms with Gasteiger partial charge in [-0.25, -0.2) is 0 Å². The molecular formula is C7H13N3. The zero-order chi connectivity index (χ0) is 6.97. The summed E-state index contributed by atoms with van der Waals surface area (Å²) in [5, 5.41) is 3.18. The van der Waals surface area contributed by atoms with Gasteiger partial charge in [0.1, 0.15) is 0 Å². The highest BCUT2D eigenvalue weighted by molar-refractivity contribution is 5.79. The Kier molecular flexibility index (Phi) is 1.29. The second-order valence-corrected chi connectivity index (χ2v) is 3.17. The van der Waals surface area contributed by atoms with Gasteiger partial charge in [-0.05, 0) is 18.8 Å². The van der Waals surface area contributed by atoms with Gasteiger partial charge in [0.05, 0.1) is 12.6 Å². The molecule has 3 heteroatoms. The van der Waals surface area contributed by atoms with Gasteiger partial charge < -0.3 is 11.1 Å². The van der Waals surface area contributed by atoms with E-state index in [1.165, 1.54) is 19.3 Å². The average Bonchev–Trinajstić information content (AvgIpc) is 2.10. The van der Waals surface area contributed by atoms with Crippen LogP contribution in [0.4, 0.5) is 0 Å². The summed E-state index contributed by atoms with van der Waals surface area (Å²) < 4.78 is 0. The molecule has 1 heterocycles. The highest BCUT2D eigenvalue weighted by Gasteiger charge is 2.29. The van der Waals surface area contributed by atoms with E-state index in [2.05, 4.69) is 10.3 Å². The van der Waals surface area contributed by atoms with Crippen molar-refractivity contribution in [3.05, 3.63) is 0 Å². The Bertz CT molecular complexity index is 160. The zero-order valence-corrected chi connectivity index (χ0v) is 6.01. The lowest BCUT2D eigenvalue weighted by Crippen LogP contribution is -2.42. The number of nitrogens with one attached hydrogen (secondary N) is 1. The summed E-state index contributed by atoms with van der Waals surface area (Å²) in [4.78, 5) is 4.10. The maximum atomic E-state index is 5.48. The molecule has 0 saturated heterocycles. The first-order valence-electron chi connectivity index (χ1n) is 3.93. The molecular weight excluding hydrogens is 126 g/mol. The van der Waals surface area contributed by atoms with Crippen LogP contribution in [0.5, 0.6) is 0 Å². The van der Waals surface area contributed by atoms with Gasteiger partial charge in [-0.3, -0.25) is 4.99 Å². The van der Waals surface area contributed by atoms with Crippen molar-refractivity contribution in [2.45, 2.75) is 25.3 Å². The summed E-state index contributed by atoms with van der Waals surface area (Å²) in [7, 11) is 0. The summed E-state index contributed by atoms with van der Waals surface area (Å²) in [6.45, 7) is 0.899. The van der Waals surface area contributed by atoms with Gasteiger partial charge in [0.25, 0.3) is 0 Å². The highest BCUT2D eigenvalue weighted by Crippen LogP contribution is 2.30. The van der Waals surface area contributed by atoms with Crippen LogP contribution in [0.2, 0.25) is 0 Å². The number of nitrogens with two attached hydrogens (primary N) is 1. The van der Waals surface area contributed by atoms with E-state index in [0.717, 1.165) is 12.5 Å². The van der Waals surface area contributed by atoms with Gasteiger partial charge >= 0.3 is 0 Å². The molecule has 0 amide bonds. The molecule has 2 aliphatic rings. The van der Waals surface area contributed by atoms with E-state index in [0.29, 0.717) is 12.0 Å². The summed E-state index contributed by atoms with van der Waals surface area (Å²) in [6, 6.07) is 0.564. The number of hydrogen-bond acceptors (Lipinski definition) is 3. The van der Waals surface area contributed by atoms with Crippen LogP contribution in [-0.4, -0.2) is 18.5 Å². The monoisotopic (exact) mass is 139 g/mol. The molecule has 0 aromatic heterocycles. The van der Waals surface area contributed by atoms with Crippen LogP contribution in [0.1, 0.15) is 19.3 Å². The first kappa shape index (κ1) is 6.01. The highest BCUT2D eigenvalue weighted by atomic mass is 15.2. The van der Waals surface area contributed by atoms with Crippen LogP contribution in [-0.2, 0) is 0 Å². The van der Waals surface area contributed by atoms with Gasteiger partial charge in [0, 0.05) is 0 Å². The molecule has 0 aromatic carbocycles. The van der Waals surface area contributed by atoms with Crippen LogP contribution < -0.4 is 11.1 Å². The van der Waals surface area contributed by atoms with Gasteiger partial charge in [-0.2, -0.15) is 0 Å². The predicted molar refractivity (Wildman–Crippen MR) is 40.8 cm³/mol. The molecule has 10 heavy (non-hydrogen) atoms. The third-order valence-corrected chi connectivity index (χ3v) is 2.51. The van der Waals surface area contributed by atoms with Crippen molar-refractivity contribution in [1.29, 1.82) is 0 Å². The zero-order valence-electron chi connectivity index (χ0n) is 6.01. The van der Waals surface area contributed by atoms with Crippen LogP contribution >= 0.6 is 0 Å². The molecule has 3 nitrogen and oxygen atoms in total. The number of hydrogen-bond donors (Lipinski definition) is 2. The molecule has 1 saturated carbocycles. The molecule has 2 rings (SSSR count). The van der Waals surface area contributed by atoms with E-state index in [1.807, 2.05) is 0 Å². The molecule has 1 aliphatic heterocycles. The maximum absolute atomic E-state index is 5.48. The standard InChI is InChI=1S/C7H13N3/c8-7-9-4-6(10-7)5-2-1-3-5/h5-6H,1-4H2,(H3,8,9,10). The Labute approximate surface area is 60.7 Å². The van der Waals surface area contributed by atoms with Crippen LogP contribution in [0.15, 0.2) is 4.99 Å². The fourth-order valence-corrected chi connectivity index (χ4v) is 1.59. The van der Waals surface area contributed by atoms with Gasteiger partial charge in [0.2, 0.25) is 0 Å². The number of nitrogens with zero attached hydrogens (tertiary/aromatic N) is 1. The van der Waals surface area contributed by atoms with Gasteiger partial charge in [-0.1, -0.05) is 6.42 Å². The van der Waals surface area contributed by atoms with Gasteiger partial charge in [-0.15, -0.1) is 0 Å². The predicted octanol–water partition coefficient (Wildman–Crippen LogP) is 0.0730. The molecule has 3 N–H and O–H groups in total. The smallest absolute Gasteiger partial charge is 0.188 e.